The second-order valence-corrected chi connectivity index (χ2v) is 12.6. The molecule has 0 radical (unpaired) electrons. The largest absolute Gasteiger partial charge is 0.345 e. The predicted molar refractivity (Wildman–Crippen MR) is 156 cm³/mol. The van der Waals surface area contributed by atoms with E-state index in [1.165, 1.54) is 23.2 Å². The van der Waals surface area contributed by atoms with Crippen LogP contribution in [-0.4, -0.2) is 50.6 Å². The average molecular weight is 563 g/mol. The zero-order valence-corrected chi connectivity index (χ0v) is 24.5. The van der Waals surface area contributed by atoms with Gasteiger partial charge in [0, 0.05) is 49.6 Å². The zero-order valence-electron chi connectivity index (χ0n) is 22.9. The first-order valence-electron chi connectivity index (χ1n) is 12.8. The lowest BCUT2D eigenvalue weighted by atomic mass is 9.90. The van der Waals surface area contributed by atoms with E-state index in [0.29, 0.717) is 21.4 Å². The number of fused-ring (bicyclic) bond motifs is 3. The fourth-order valence-electron chi connectivity index (χ4n) is 4.76. The van der Waals surface area contributed by atoms with E-state index < -0.39 is 0 Å². The third-order valence-electron chi connectivity index (χ3n) is 6.43. The number of nitrogens with one attached hydrogen (secondary N) is 1. The summed E-state index contributed by atoms with van der Waals surface area (Å²) in [6.07, 6.45) is 4.24. The van der Waals surface area contributed by atoms with Gasteiger partial charge in [0.1, 0.15) is 0 Å². The van der Waals surface area contributed by atoms with E-state index in [0.717, 1.165) is 58.0 Å². The van der Waals surface area contributed by atoms with Crippen molar-refractivity contribution in [2.45, 2.75) is 47.0 Å². The molecule has 0 saturated carbocycles. The number of anilines is 1. The second-order valence-electron chi connectivity index (χ2n) is 11.2. The molecule has 3 heterocycles. The molecule has 0 aliphatic heterocycles. The molecule has 4 aromatic rings. The maximum atomic E-state index is 12.5. The molecule has 39 heavy (non-hydrogen) atoms. The SMILES string of the molecule is CC(=O)Nc1nc2c(s1)-c1c(c(-c3ccc(CC(C)(C)C)nc3)nn1-c1ccc(C(=O)N(C)C)cc1Cl)CC2. The van der Waals surface area contributed by atoms with Gasteiger partial charge in [-0.2, -0.15) is 5.10 Å². The minimum absolute atomic E-state index is 0.127. The van der Waals surface area contributed by atoms with E-state index in [2.05, 4.69) is 43.2 Å². The van der Waals surface area contributed by atoms with Crippen molar-refractivity contribution in [3.8, 4) is 27.5 Å². The normalized spacial score (nSPS) is 12.6. The van der Waals surface area contributed by atoms with Gasteiger partial charge in [0.05, 0.1) is 32.7 Å². The summed E-state index contributed by atoms with van der Waals surface area (Å²) >= 11 is 8.21. The Morgan fingerprint density at radius 2 is 1.92 bits per heavy atom. The number of pyridine rings is 1. The maximum absolute atomic E-state index is 12.5. The Labute approximate surface area is 237 Å². The van der Waals surface area contributed by atoms with Gasteiger partial charge in [0.2, 0.25) is 5.91 Å². The number of hydrogen-bond acceptors (Lipinski definition) is 6. The van der Waals surface area contributed by atoms with Gasteiger partial charge in [0.15, 0.2) is 5.13 Å². The molecule has 202 valence electrons. The third kappa shape index (κ3) is 5.46. The van der Waals surface area contributed by atoms with E-state index >= 15 is 0 Å². The Morgan fingerprint density at radius 1 is 1.15 bits per heavy atom. The highest BCUT2D eigenvalue weighted by Crippen LogP contribution is 2.44. The number of benzene rings is 1. The van der Waals surface area contributed by atoms with Gasteiger partial charge in [-0.25, -0.2) is 9.67 Å². The molecular weight excluding hydrogens is 532 g/mol. The smallest absolute Gasteiger partial charge is 0.253 e. The number of halogens is 1. The third-order valence-corrected chi connectivity index (χ3v) is 7.75. The number of amides is 2. The Kier molecular flexibility index (Phi) is 7.07. The Hall–Kier alpha value is -3.56. The molecule has 0 fully saturated rings. The van der Waals surface area contributed by atoms with Gasteiger partial charge in [0.25, 0.3) is 5.91 Å². The number of nitrogens with zero attached hydrogens (tertiary/aromatic N) is 5. The molecule has 2 amide bonds. The molecular formula is C29H31ClN6O2S. The van der Waals surface area contributed by atoms with Crippen molar-refractivity contribution in [3.05, 3.63) is 64.1 Å². The van der Waals surface area contributed by atoms with Crippen LogP contribution in [0.3, 0.4) is 0 Å². The van der Waals surface area contributed by atoms with Crippen molar-refractivity contribution in [1.82, 2.24) is 24.6 Å². The van der Waals surface area contributed by atoms with Crippen LogP contribution in [0.4, 0.5) is 5.13 Å². The van der Waals surface area contributed by atoms with Crippen molar-refractivity contribution in [1.29, 1.82) is 0 Å². The molecule has 3 aromatic heterocycles. The summed E-state index contributed by atoms with van der Waals surface area (Å²) < 4.78 is 1.84. The van der Waals surface area contributed by atoms with Crippen LogP contribution < -0.4 is 5.32 Å². The van der Waals surface area contributed by atoms with Gasteiger partial charge in [-0.05, 0) is 55.0 Å². The fraction of sp³-hybridized carbons (Fsp3) is 0.345. The second kappa shape index (κ2) is 10.2. The predicted octanol–water partition coefficient (Wildman–Crippen LogP) is 6.06. The number of carbonyl (C=O) groups is 2. The van der Waals surface area contributed by atoms with Crippen LogP contribution in [0, 0.1) is 5.41 Å². The first kappa shape index (κ1) is 27.0. The molecule has 1 aliphatic rings. The minimum atomic E-state index is -0.166. The molecule has 1 aromatic carbocycles. The van der Waals surface area contributed by atoms with Crippen LogP contribution >= 0.6 is 22.9 Å². The van der Waals surface area contributed by atoms with E-state index in [-0.39, 0.29) is 17.2 Å². The zero-order chi connectivity index (χ0) is 28.1. The van der Waals surface area contributed by atoms with Crippen LogP contribution in [-0.2, 0) is 24.1 Å². The first-order valence-corrected chi connectivity index (χ1v) is 14.0. The topological polar surface area (TPSA) is 93.0 Å². The summed E-state index contributed by atoms with van der Waals surface area (Å²) in [5.41, 5.74) is 6.99. The lowest BCUT2D eigenvalue weighted by molar-refractivity contribution is -0.114. The van der Waals surface area contributed by atoms with Crippen LogP contribution in [0.25, 0.3) is 27.5 Å². The number of hydrogen-bond donors (Lipinski definition) is 1. The lowest BCUT2D eigenvalue weighted by Crippen LogP contribution is -2.21. The van der Waals surface area contributed by atoms with Crippen molar-refractivity contribution in [2.24, 2.45) is 5.41 Å². The quantitative estimate of drug-likeness (QED) is 0.319. The number of thiazole rings is 1. The van der Waals surface area contributed by atoms with E-state index in [1.54, 1.807) is 26.2 Å². The molecule has 0 unspecified atom stereocenters. The van der Waals surface area contributed by atoms with Gasteiger partial charge >= 0.3 is 0 Å². The lowest BCUT2D eigenvalue weighted by Gasteiger charge is -2.17. The van der Waals surface area contributed by atoms with Crippen LogP contribution in [0.15, 0.2) is 36.5 Å². The minimum Gasteiger partial charge on any atom is -0.345 e. The molecule has 0 bridgehead atoms. The Morgan fingerprint density at radius 3 is 2.54 bits per heavy atom. The average Bonchev–Trinajstić information content (AvgIpc) is 3.43. The van der Waals surface area contributed by atoms with E-state index in [9.17, 15) is 9.59 Å². The summed E-state index contributed by atoms with van der Waals surface area (Å²) in [7, 11) is 3.41. The van der Waals surface area contributed by atoms with Crippen molar-refractivity contribution < 1.29 is 9.59 Å². The van der Waals surface area contributed by atoms with Gasteiger partial charge in [-0.1, -0.05) is 43.7 Å². The number of carbonyl (C=O) groups excluding carboxylic acids is 2. The summed E-state index contributed by atoms with van der Waals surface area (Å²) in [5, 5.41) is 8.85. The highest BCUT2D eigenvalue weighted by molar-refractivity contribution is 7.19. The number of aryl methyl sites for hydroxylation is 1. The van der Waals surface area contributed by atoms with E-state index in [1.807, 2.05) is 16.9 Å². The first-order chi connectivity index (χ1) is 18.4. The monoisotopic (exact) mass is 562 g/mol. The van der Waals surface area contributed by atoms with Crippen LogP contribution in [0.2, 0.25) is 5.02 Å². The van der Waals surface area contributed by atoms with Gasteiger partial charge < -0.3 is 10.2 Å². The van der Waals surface area contributed by atoms with Crippen LogP contribution in [0.1, 0.15) is 55.0 Å². The van der Waals surface area contributed by atoms with Crippen LogP contribution in [0.5, 0.6) is 0 Å². The molecule has 8 nitrogen and oxygen atoms in total. The summed E-state index contributed by atoms with van der Waals surface area (Å²) in [6, 6.07) is 9.40. The van der Waals surface area contributed by atoms with Crippen molar-refractivity contribution in [2.75, 3.05) is 19.4 Å². The molecule has 0 saturated heterocycles. The standard InChI is InChI=1S/C29H31ClN6O2S/c1-16(37)32-28-33-22-11-10-20-24(18-7-9-19(31-15-18)14-29(2,3)4)34-36(25(20)26(22)39-28)23-12-8-17(13-21(23)30)27(38)35(5)6/h7-9,12-13,15H,10-11,14H2,1-6H3,(H,32,33,37). The van der Waals surface area contributed by atoms with E-state index in [4.69, 9.17) is 21.7 Å². The highest BCUT2D eigenvalue weighted by atomic mass is 35.5. The molecule has 5 rings (SSSR count). The molecule has 0 atom stereocenters. The molecule has 10 heteroatoms. The number of rotatable bonds is 5. The number of aromatic nitrogens is 4. The molecule has 1 aliphatic carbocycles. The van der Waals surface area contributed by atoms with Crippen molar-refractivity contribution in [3.63, 3.8) is 0 Å². The fourth-order valence-corrected chi connectivity index (χ4v) is 6.14. The summed E-state index contributed by atoms with van der Waals surface area (Å²) in [4.78, 5) is 36.1. The highest BCUT2D eigenvalue weighted by Gasteiger charge is 2.31. The summed E-state index contributed by atoms with van der Waals surface area (Å²) in [5.74, 6) is -0.293. The Bertz CT molecular complexity index is 1580. The Balaban J connectivity index is 1.66. The maximum Gasteiger partial charge on any atom is 0.253 e. The summed E-state index contributed by atoms with van der Waals surface area (Å²) in [6.45, 7) is 8.07. The van der Waals surface area contributed by atoms with Gasteiger partial charge in [-0.3, -0.25) is 14.6 Å². The van der Waals surface area contributed by atoms with Crippen molar-refractivity contribution >= 4 is 39.9 Å². The molecule has 1 N–H and O–H groups in total. The molecule has 0 spiro atoms. The van der Waals surface area contributed by atoms with Gasteiger partial charge in [-0.15, -0.1) is 0 Å².